The Bertz CT molecular complexity index is 1480. The lowest BCUT2D eigenvalue weighted by atomic mass is 10.0. The third kappa shape index (κ3) is 4.38. The van der Waals surface area contributed by atoms with Crippen molar-refractivity contribution in [3.05, 3.63) is 83.4 Å². The molecule has 0 bridgehead atoms. The van der Waals surface area contributed by atoms with Crippen LogP contribution >= 0.6 is 0 Å². The number of ketones is 1. The number of hydrogen-bond acceptors (Lipinski definition) is 8. The second-order valence-electron chi connectivity index (χ2n) is 7.04. The molecule has 0 amide bonds. The Labute approximate surface area is 189 Å². The van der Waals surface area contributed by atoms with Crippen molar-refractivity contribution in [2.45, 2.75) is 14.7 Å². The Balaban J connectivity index is 1.43. The summed E-state index contributed by atoms with van der Waals surface area (Å²) in [6.45, 7) is -0.184. The van der Waals surface area contributed by atoms with Gasteiger partial charge in [0.2, 0.25) is 19.9 Å². The molecule has 4 rings (SSSR count). The molecule has 3 aromatic rings. The first-order valence-electron chi connectivity index (χ1n) is 9.55. The summed E-state index contributed by atoms with van der Waals surface area (Å²) in [7, 11) is -7.78. The molecule has 0 saturated heterocycles. The third-order valence-corrected chi connectivity index (χ3v) is 7.69. The third-order valence-electron chi connectivity index (χ3n) is 4.91. The fourth-order valence-corrected chi connectivity index (χ4v) is 5.51. The summed E-state index contributed by atoms with van der Waals surface area (Å²) >= 11 is 0. The van der Waals surface area contributed by atoms with Crippen molar-refractivity contribution in [3.8, 4) is 5.75 Å². The summed E-state index contributed by atoms with van der Waals surface area (Å²) in [5.74, 6) is -0.875. The van der Waals surface area contributed by atoms with Gasteiger partial charge in [0.15, 0.2) is 5.78 Å². The molecule has 0 radical (unpaired) electrons. The van der Waals surface area contributed by atoms with Crippen LogP contribution < -0.4 is 9.88 Å². The van der Waals surface area contributed by atoms with Crippen molar-refractivity contribution in [1.29, 1.82) is 0 Å². The smallest absolute Gasteiger partial charge is 0.338 e. The van der Waals surface area contributed by atoms with Crippen molar-refractivity contribution in [2.24, 2.45) is 5.14 Å². The second kappa shape index (κ2) is 8.43. The summed E-state index contributed by atoms with van der Waals surface area (Å²) in [4.78, 5) is 24.6. The van der Waals surface area contributed by atoms with Gasteiger partial charge in [0.1, 0.15) is 19.0 Å². The van der Waals surface area contributed by atoms with E-state index in [1.807, 2.05) is 0 Å². The lowest BCUT2D eigenvalue weighted by Crippen LogP contribution is -2.21. The lowest BCUT2D eigenvalue weighted by Gasteiger charge is -2.19. The highest BCUT2D eigenvalue weighted by Crippen LogP contribution is 2.34. The average molecular weight is 488 g/mol. The number of rotatable bonds is 6. The molecule has 1 heterocycles. The molecule has 11 heteroatoms. The molecule has 1 aliphatic heterocycles. The number of sulfonamides is 1. The predicted molar refractivity (Wildman–Crippen MR) is 115 cm³/mol. The van der Waals surface area contributed by atoms with Gasteiger partial charge in [0.25, 0.3) is 0 Å². The van der Waals surface area contributed by atoms with Gasteiger partial charge in [0, 0.05) is 11.1 Å². The zero-order valence-corrected chi connectivity index (χ0v) is 18.6. The van der Waals surface area contributed by atoms with Crippen molar-refractivity contribution < 1.29 is 35.9 Å². The number of fused-ring (bicyclic) bond motifs is 2. The minimum absolute atomic E-state index is 0.00322. The summed E-state index contributed by atoms with van der Waals surface area (Å²) < 4.78 is 58.9. The number of ether oxygens (including phenoxy) is 2. The largest absolute Gasteiger partial charge is 0.490 e. The first-order valence-corrected chi connectivity index (χ1v) is 12.6. The topological polar surface area (TPSA) is 147 Å². The monoisotopic (exact) mass is 487 g/mol. The van der Waals surface area contributed by atoms with Gasteiger partial charge in [-0.1, -0.05) is 12.1 Å². The van der Waals surface area contributed by atoms with Crippen molar-refractivity contribution in [1.82, 2.24) is 0 Å². The first kappa shape index (κ1) is 22.6. The van der Waals surface area contributed by atoms with Crippen LogP contribution in [0.2, 0.25) is 0 Å². The molecule has 2 N–H and O–H groups in total. The Hall–Kier alpha value is -3.54. The Morgan fingerprint density at radius 1 is 0.879 bits per heavy atom. The molecule has 9 nitrogen and oxygen atoms in total. The van der Waals surface area contributed by atoms with Crippen molar-refractivity contribution in [2.75, 3.05) is 13.2 Å². The maximum Gasteiger partial charge on any atom is 0.338 e. The highest BCUT2D eigenvalue weighted by atomic mass is 32.2. The highest BCUT2D eigenvalue weighted by Gasteiger charge is 2.35. The van der Waals surface area contributed by atoms with E-state index < -0.39 is 31.6 Å². The Kier molecular flexibility index (Phi) is 5.78. The minimum atomic E-state index is -3.97. The van der Waals surface area contributed by atoms with Gasteiger partial charge in [-0.05, 0) is 54.6 Å². The van der Waals surface area contributed by atoms with E-state index >= 15 is 0 Å². The number of esters is 1. The van der Waals surface area contributed by atoms with E-state index in [0.717, 1.165) is 6.07 Å². The second-order valence-corrected chi connectivity index (χ2v) is 10.5. The van der Waals surface area contributed by atoms with Crippen molar-refractivity contribution >= 4 is 31.6 Å². The summed E-state index contributed by atoms with van der Waals surface area (Å²) in [5, 5.41) is 5.03. The van der Waals surface area contributed by atoms with Gasteiger partial charge in [-0.2, -0.15) is 0 Å². The quantitative estimate of drug-likeness (QED) is 0.321. The van der Waals surface area contributed by atoms with Gasteiger partial charge >= 0.3 is 5.97 Å². The molecule has 3 aromatic carbocycles. The van der Waals surface area contributed by atoms with E-state index in [2.05, 4.69) is 0 Å². The van der Waals surface area contributed by atoms with Gasteiger partial charge in [-0.15, -0.1) is 0 Å². The fourth-order valence-electron chi connectivity index (χ4n) is 3.31. The first-order chi connectivity index (χ1) is 15.6. The molecule has 0 atom stereocenters. The molecular weight excluding hydrogens is 470 g/mol. The summed E-state index contributed by atoms with van der Waals surface area (Å²) in [6, 6.07) is 15.0. The SMILES string of the molecule is NS(=O)(=O)c1ccc(OCCOC(=O)c2ccc3c(c2)S(=O)(=O)c2ccccc2C3=O)cc1. The van der Waals surface area contributed by atoms with E-state index in [0.29, 0.717) is 5.75 Å². The van der Waals surface area contributed by atoms with Crippen LogP contribution in [0, 0.1) is 0 Å². The molecule has 0 spiro atoms. The maximum atomic E-state index is 12.9. The van der Waals surface area contributed by atoms with Crippen LogP contribution in [0.25, 0.3) is 0 Å². The Morgan fingerprint density at radius 2 is 1.55 bits per heavy atom. The van der Waals surface area contributed by atoms with Crippen LogP contribution in [0.1, 0.15) is 26.3 Å². The van der Waals surface area contributed by atoms with Crippen LogP contribution in [-0.2, 0) is 24.6 Å². The average Bonchev–Trinajstić information content (AvgIpc) is 2.80. The van der Waals surface area contributed by atoms with E-state index in [9.17, 15) is 26.4 Å². The van der Waals surface area contributed by atoms with Crippen LogP contribution in [0.4, 0.5) is 0 Å². The Morgan fingerprint density at radius 3 is 2.24 bits per heavy atom. The van der Waals surface area contributed by atoms with Crippen LogP contribution in [0.3, 0.4) is 0 Å². The van der Waals surface area contributed by atoms with Gasteiger partial charge in [0.05, 0.1) is 20.2 Å². The highest BCUT2D eigenvalue weighted by molar-refractivity contribution is 7.91. The molecule has 0 aliphatic carbocycles. The normalized spacial score (nSPS) is 14.2. The number of benzene rings is 3. The minimum Gasteiger partial charge on any atom is -0.490 e. The zero-order valence-electron chi connectivity index (χ0n) is 16.9. The molecule has 0 fully saturated rings. The molecule has 1 aliphatic rings. The number of nitrogens with two attached hydrogens (primary N) is 1. The molecule has 0 saturated carbocycles. The van der Waals surface area contributed by atoms with Gasteiger partial charge in [-0.25, -0.2) is 26.8 Å². The fraction of sp³-hybridized carbons (Fsp3) is 0.0909. The van der Waals surface area contributed by atoms with E-state index in [-0.39, 0.29) is 44.6 Å². The molecular formula is C22H17NO8S2. The summed E-state index contributed by atoms with van der Waals surface area (Å²) in [5.41, 5.74) is 0.0631. The number of sulfone groups is 1. The summed E-state index contributed by atoms with van der Waals surface area (Å²) in [6.07, 6.45) is 0. The molecule has 0 aromatic heterocycles. The molecule has 33 heavy (non-hydrogen) atoms. The van der Waals surface area contributed by atoms with Gasteiger partial charge < -0.3 is 9.47 Å². The zero-order chi connectivity index (χ0) is 23.8. The predicted octanol–water partition coefficient (Wildman–Crippen LogP) is 1.95. The number of hydrogen-bond donors (Lipinski definition) is 1. The van der Waals surface area contributed by atoms with E-state index in [4.69, 9.17) is 14.6 Å². The van der Waals surface area contributed by atoms with E-state index in [1.165, 1.54) is 54.6 Å². The number of carbonyl (C=O) groups excluding carboxylic acids is 2. The van der Waals surface area contributed by atoms with E-state index in [1.54, 1.807) is 6.07 Å². The lowest BCUT2D eigenvalue weighted by molar-refractivity contribution is 0.0450. The number of carbonyl (C=O) groups is 2. The van der Waals surface area contributed by atoms with Crippen LogP contribution in [0.15, 0.2) is 81.4 Å². The number of primary sulfonamides is 1. The van der Waals surface area contributed by atoms with Gasteiger partial charge in [-0.3, -0.25) is 4.79 Å². The molecule has 170 valence electrons. The molecule has 0 unspecified atom stereocenters. The standard InChI is InChI=1S/C22H17NO8S2/c23-33(28,29)16-8-6-15(7-9-16)30-11-12-31-22(25)14-5-10-18-20(13-14)32(26,27)19-4-2-1-3-17(19)21(18)24/h1-10,13H,11-12H2,(H2,23,28,29). The maximum absolute atomic E-state index is 12.9. The van der Waals surface area contributed by atoms with Crippen molar-refractivity contribution in [3.63, 3.8) is 0 Å². The van der Waals surface area contributed by atoms with Crippen LogP contribution in [-0.4, -0.2) is 41.8 Å². The van der Waals surface area contributed by atoms with Crippen LogP contribution in [0.5, 0.6) is 5.75 Å².